The Bertz CT molecular complexity index is 1360. The number of furan rings is 1. The highest BCUT2D eigenvalue weighted by Crippen LogP contribution is 2.26. The molecule has 0 saturated carbocycles. The smallest absolute Gasteiger partial charge is 0.291 e. The first-order chi connectivity index (χ1) is 17.2. The predicted molar refractivity (Wildman–Crippen MR) is 143 cm³/mol. The molecule has 0 spiro atoms. The second-order valence-corrected chi connectivity index (χ2v) is 9.67. The topological polar surface area (TPSA) is 69.3 Å². The van der Waals surface area contributed by atoms with Crippen molar-refractivity contribution in [1.82, 2.24) is 9.78 Å². The number of carbonyl (C=O) groups is 1. The number of hydrogen-bond acceptors (Lipinski definition) is 4. The van der Waals surface area contributed by atoms with E-state index in [1.807, 2.05) is 32.0 Å². The Morgan fingerprint density at radius 3 is 2.56 bits per heavy atom. The van der Waals surface area contributed by atoms with Crippen LogP contribution in [0.3, 0.4) is 0 Å². The van der Waals surface area contributed by atoms with Crippen molar-refractivity contribution in [2.75, 3.05) is 5.32 Å². The average Bonchev–Trinajstić information content (AvgIpc) is 3.44. The summed E-state index contributed by atoms with van der Waals surface area (Å²) in [6.45, 7) is 8.80. The van der Waals surface area contributed by atoms with Gasteiger partial charge in [-0.3, -0.25) is 9.48 Å². The lowest BCUT2D eigenvalue weighted by atomic mass is 9.99. The van der Waals surface area contributed by atoms with Crippen molar-refractivity contribution in [3.8, 4) is 5.75 Å². The number of nitrogens with one attached hydrogen (secondary N) is 1. The molecule has 1 unspecified atom stereocenters. The summed E-state index contributed by atoms with van der Waals surface area (Å²) in [4.78, 5) is 12.9. The van der Waals surface area contributed by atoms with Crippen LogP contribution >= 0.6 is 23.2 Å². The first-order valence-corrected chi connectivity index (χ1v) is 12.6. The third-order valence-corrected chi connectivity index (χ3v) is 6.87. The number of rotatable bonds is 9. The number of amides is 1. The van der Waals surface area contributed by atoms with Gasteiger partial charge in [0.05, 0.1) is 23.6 Å². The molecule has 2 heterocycles. The fraction of sp³-hybridized carbons (Fsp3) is 0.286. The second kappa shape index (κ2) is 11.2. The zero-order valence-electron chi connectivity index (χ0n) is 20.8. The summed E-state index contributed by atoms with van der Waals surface area (Å²) in [5.74, 6) is 1.68. The maximum absolute atomic E-state index is 12.9. The number of carbonyl (C=O) groups excluding carboxylic acids is 1. The zero-order valence-corrected chi connectivity index (χ0v) is 22.3. The van der Waals surface area contributed by atoms with Gasteiger partial charge in [-0.15, -0.1) is 0 Å². The maximum atomic E-state index is 12.9. The van der Waals surface area contributed by atoms with E-state index in [0.29, 0.717) is 39.6 Å². The van der Waals surface area contributed by atoms with Gasteiger partial charge in [0.15, 0.2) is 5.76 Å². The van der Waals surface area contributed by atoms with Crippen LogP contribution in [0.1, 0.15) is 65.0 Å². The van der Waals surface area contributed by atoms with Crippen LogP contribution in [0.5, 0.6) is 5.75 Å². The highest BCUT2D eigenvalue weighted by Gasteiger charge is 2.18. The number of nitrogens with zero attached hydrogens (tertiary/aromatic N) is 2. The Morgan fingerprint density at radius 2 is 1.86 bits per heavy atom. The molecule has 1 atom stereocenters. The summed E-state index contributed by atoms with van der Waals surface area (Å²) in [6, 6.07) is 16.8. The van der Waals surface area contributed by atoms with Gasteiger partial charge in [-0.05, 0) is 73.7 Å². The fourth-order valence-electron chi connectivity index (χ4n) is 3.88. The Balaban J connectivity index is 1.39. The van der Waals surface area contributed by atoms with Crippen LogP contribution in [0.2, 0.25) is 10.0 Å². The van der Waals surface area contributed by atoms with Gasteiger partial charge in [0.1, 0.15) is 18.1 Å². The number of hydrogen-bond donors (Lipinski definition) is 1. The minimum atomic E-state index is -0.352. The van der Waals surface area contributed by atoms with Gasteiger partial charge in [-0.1, -0.05) is 55.2 Å². The standard InChI is InChI=1S/C28H29Cl2N3O3/c1-5-17(2)20-7-10-23(11-8-20)35-16-24-12-13-26(36-24)28(34)31-27-18(3)32-33(19(27)4)15-21-6-9-22(29)14-25(21)30/h6-14,17H,5,15-16H2,1-4H3,(H,31,34). The van der Waals surface area contributed by atoms with E-state index in [2.05, 4.69) is 36.4 Å². The third kappa shape index (κ3) is 5.94. The Morgan fingerprint density at radius 1 is 1.11 bits per heavy atom. The number of aryl methyl sites for hydroxylation is 1. The number of anilines is 1. The zero-order chi connectivity index (χ0) is 25.8. The van der Waals surface area contributed by atoms with Crippen LogP contribution in [0.25, 0.3) is 0 Å². The van der Waals surface area contributed by atoms with Crippen molar-refractivity contribution in [3.05, 3.63) is 98.7 Å². The van der Waals surface area contributed by atoms with Crippen LogP contribution in [0, 0.1) is 13.8 Å². The normalized spacial score (nSPS) is 11.9. The molecule has 0 aliphatic heterocycles. The lowest BCUT2D eigenvalue weighted by Crippen LogP contribution is -2.12. The monoisotopic (exact) mass is 525 g/mol. The first kappa shape index (κ1) is 25.9. The number of benzene rings is 2. The first-order valence-electron chi connectivity index (χ1n) is 11.9. The number of ether oxygens (including phenoxy) is 1. The molecule has 0 fully saturated rings. The molecule has 2 aromatic carbocycles. The van der Waals surface area contributed by atoms with Gasteiger partial charge >= 0.3 is 0 Å². The lowest BCUT2D eigenvalue weighted by molar-refractivity contribution is 0.0992. The van der Waals surface area contributed by atoms with Crippen molar-refractivity contribution in [2.45, 2.75) is 53.2 Å². The molecule has 0 bridgehead atoms. The minimum Gasteiger partial charge on any atom is -0.486 e. The van der Waals surface area contributed by atoms with E-state index in [9.17, 15) is 4.79 Å². The van der Waals surface area contributed by atoms with Crippen LogP contribution in [0.4, 0.5) is 5.69 Å². The van der Waals surface area contributed by atoms with Gasteiger partial charge in [-0.2, -0.15) is 5.10 Å². The van der Waals surface area contributed by atoms with Crippen molar-refractivity contribution in [3.63, 3.8) is 0 Å². The highest BCUT2D eigenvalue weighted by atomic mass is 35.5. The van der Waals surface area contributed by atoms with Gasteiger partial charge in [0, 0.05) is 10.0 Å². The molecule has 0 radical (unpaired) electrons. The molecule has 1 N–H and O–H groups in total. The minimum absolute atomic E-state index is 0.202. The molecule has 0 aliphatic rings. The van der Waals surface area contributed by atoms with Gasteiger partial charge in [0.2, 0.25) is 0 Å². The molecular formula is C28H29Cl2N3O3. The van der Waals surface area contributed by atoms with E-state index in [4.69, 9.17) is 32.4 Å². The summed E-state index contributed by atoms with van der Waals surface area (Å²) in [6.07, 6.45) is 1.09. The predicted octanol–water partition coefficient (Wildman–Crippen LogP) is 7.79. The van der Waals surface area contributed by atoms with Crippen LogP contribution in [-0.4, -0.2) is 15.7 Å². The van der Waals surface area contributed by atoms with E-state index in [1.165, 1.54) is 5.56 Å². The van der Waals surface area contributed by atoms with Crippen LogP contribution in [-0.2, 0) is 13.2 Å². The molecule has 8 heteroatoms. The molecular weight excluding hydrogens is 497 g/mol. The molecule has 6 nitrogen and oxygen atoms in total. The molecule has 0 aliphatic carbocycles. The highest BCUT2D eigenvalue weighted by molar-refractivity contribution is 6.35. The molecule has 1 amide bonds. The van der Waals surface area contributed by atoms with Gasteiger partial charge in [0.25, 0.3) is 5.91 Å². The van der Waals surface area contributed by atoms with Gasteiger partial charge in [-0.25, -0.2) is 0 Å². The van der Waals surface area contributed by atoms with E-state index in [0.717, 1.165) is 23.4 Å². The molecule has 2 aromatic heterocycles. The molecule has 36 heavy (non-hydrogen) atoms. The van der Waals surface area contributed by atoms with Crippen molar-refractivity contribution in [1.29, 1.82) is 0 Å². The largest absolute Gasteiger partial charge is 0.486 e. The SMILES string of the molecule is CCC(C)c1ccc(OCc2ccc(C(=O)Nc3c(C)nn(Cc4ccc(Cl)cc4Cl)c3C)o2)cc1. The van der Waals surface area contributed by atoms with Gasteiger partial charge < -0.3 is 14.5 Å². The second-order valence-electron chi connectivity index (χ2n) is 8.83. The fourth-order valence-corrected chi connectivity index (χ4v) is 4.35. The summed E-state index contributed by atoms with van der Waals surface area (Å²) in [5.41, 5.74) is 4.31. The van der Waals surface area contributed by atoms with Crippen LogP contribution in [0.15, 0.2) is 59.0 Å². The summed E-state index contributed by atoms with van der Waals surface area (Å²) in [5, 5.41) is 8.63. The summed E-state index contributed by atoms with van der Waals surface area (Å²) in [7, 11) is 0. The van der Waals surface area contributed by atoms with Crippen molar-refractivity contribution in [2.24, 2.45) is 0 Å². The molecule has 0 saturated heterocycles. The number of halogens is 2. The maximum Gasteiger partial charge on any atom is 0.291 e. The lowest BCUT2D eigenvalue weighted by Gasteiger charge is -2.10. The van der Waals surface area contributed by atoms with E-state index < -0.39 is 0 Å². The Kier molecular flexibility index (Phi) is 8.07. The molecule has 4 aromatic rings. The molecule has 188 valence electrons. The van der Waals surface area contributed by atoms with E-state index >= 15 is 0 Å². The number of aromatic nitrogens is 2. The Labute approximate surface area is 221 Å². The van der Waals surface area contributed by atoms with Crippen molar-refractivity contribution < 1.29 is 13.9 Å². The summed E-state index contributed by atoms with van der Waals surface area (Å²) < 4.78 is 13.4. The van der Waals surface area contributed by atoms with Crippen LogP contribution < -0.4 is 10.1 Å². The van der Waals surface area contributed by atoms with E-state index in [-0.39, 0.29) is 18.3 Å². The third-order valence-electron chi connectivity index (χ3n) is 6.28. The van der Waals surface area contributed by atoms with Crippen molar-refractivity contribution >= 4 is 34.8 Å². The molecule has 4 rings (SSSR count). The van der Waals surface area contributed by atoms with E-state index in [1.54, 1.807) is 28.9 Å². The summed E-state index contributed by atoms with van der Waals surface area (Å²) >= 11 is 12.3. The Hall–Kier alpha value is -3.22. The average molecular weight is 526 g/mol. The quantitative estimate of drug-likeness (QED) is 0.242.